The Labute approximate surface area is 102 Å². The van der Waals surface area contributed by atoms with Gasteiger partial charge < -0.3 is 9.47 Å². The Morgan fingerprint density at radius 2 is 2.00 bits per heavy atom. The van der Waals surface area contributed by atoms with Crippen LogP contribution < -0.4 is 16.1 Å². The third-order valence-electron chi connectivity index (χ3n) is 3.35. The van der Waals surface area contributed by atoms with Gasteiger partial charge >= 0.3 is 5.69 Å². The van der Waals surface area contributed by atoms with Crippen LogP contribution in [0.3, 0.4) is 0 Å². The zero-order valence-electron chi connectivity index (χ0n) is 10.3. The molecule has 1 aromatic rings. The van der Waals surface area contributed by atoms with Gasteiger partial charge in [0, 0.05) is 39.3 Å². The number of hydrogen-bond acceptors (Lipinski definition) is 3. The van der Waals surface area contributed by atoms with Crippen LogP contribution in [0.1, 0.15) is 6.42 Å². The molecule has 0 aliphatic carbocycles. The van der Waals surface area contributed by atoms with Crippen LogP contribution in [-0.2, 0) is 14.1 Å². The molecule has 1 aliphatic rings. The van der Waals surface area contributed by atoms with Crippen LogP contribution in [0.2, 0.25) is 0 Å². The largest absolute Gasteiger partial charge is 0.365 e. The first kappa shape index (κ1) is 12.8. The number of hydrogen-bond donors (Lipinski definition) is 0. The van der Waals surface area contributed by atoms with E-state index in [0.717, 1.165) is 4.57 Å². The fourth-order valence-corrected chi connectivity index (χ4v) is 2.22. The summed E-state index contributed by atoms with van der Waals surface area (Å²) in [5.74, 6) is -0.702. The predicted molar refractivity (Wildman–Crippen MR) is 63.2 cm³/mol. The van der Waals surface area contributed by atoms with E-state index >= 15 is 0 Å². The molecule has 2 heterocycles. The lowest BCUT2D eigenvalue weighted by Crippen LogP contribution is -2.40. The number of halogens is 2. The molecule has 1 fully saturated rings. The standard InChI is InChI=1S/C11H15F2N3O2/c1-14-6-8(10(17)15(2)11(14)18)16-4-3-7(5-16)9(12)13/h6-7,9H,3-5H2,1-2H3. The van der Waals surface area contributed by atoms with Gasteiger partial charge in [0.15, 0.2) is 0 Å². The molecule has 0 saturated carbocycles. The van der Waals surface area contributed by atoms with Crippen molar-refractivity contribution < 1.29 is 8.78 Å². The van der Waals surface area contributed by atoms with E-state index in [2.05, 4.69) is 0 Å². The van der Waals surface area contributed by atoms with Gasteiger partial charge in [-0.2, -0.15) is 0 Å². The van der Waals surface area contributed by atoms with Gasteiger partial charge in [-0.15, -0.1) is 0 Å². The van der Waals surface area contributed by atoms with Gasteiger partial charge in [0.25, 0.3) is 5.56 Å². The highest BCUT2D eigenvalue weighted by Gasteiger charge is 2.31. The summed E-state index contributed by atoms with van der Waals surface area (Å²) >= 11 is 0. The topological polar surface area (TPSA) is 47.2 Å². The summed E-state index contributed by atoms with van der Waals surface area (Å²) in [4.78, 5) is 25.1. The zero-order chi connectivity index (χ0) is 13.4. The molecule has 1 saturated heterocycles. The van der Waals surface area contributed by atoms with Crippen molar-refractivity contribution in [2.24, 2.45) is 20.0 Å². The van der Waals surface area contributed by atoms with Crippen LogP contribution in [0, 0.1) is 5.92 Å². The summed E-state index contributed by atoms with van der Waals surface area (Å²) < 4.78 is 27.4. The van der Waals surface area contributed by atoms with E-state index < -0.39 is 23.6 Å². The van der Waals surface area contributed by atoms with Crippen molar-refractivity contribution in [2.45, 2.75) is 12.8 Å². The van der Waals surface area contributed by atoms with Crippen molar-refractivity contribution in [3.8, 4) is 0 Å². The van der Waals surface area contributed by atoms with Crippen LogP contribution in [0.5, 0.6) is 0 Å². The highest BCUT2D eigenvalue weighted by molar-refractivity contribution is 5.43. The summed E-state index contributed by atoms with van der Waals surface area (Å²) in [5.41, 5.74) is -0.552. The van der Waals surface area contributed by atoms with Gasteiger partial charge in [0.1, 0.15) is 5.69 Å². The van der Waals surface area contributed by atoms with E-state index in [1.165, 1.54) is 24.9 Å². The third-order valence-corrected chi connectivity index (χ3v) is 3.35. The molecule has 0 radical (unpaired) electrons. The summed E-state index contributed by atoms with van der Waals surface area (Å²) in [5, 5.41) is 0. The van der Waals surface area contributed by atoms with Crippen LogP contribution in [-0.4, -0.2) is 28.6 Å². The molecule has 0 aromatic carbocycles. The molecule has 1 atom stereocenters. The van der Waals surface area contributed by atoms with Gasteiger partial charge in [-0.1, -0.05) is 0 Å². The fourth-order valence-electron chi connectivity index (χ4n) is 2.22. The van der Waals surface area contributed by atoms with E-state index in [-0.39, 0.29) is 6.54 Å². The fraction of sp³-hybridized carbons (Fsp3) is 0.636. The molecule has 18 heavy (non-hydrogen) atoms. The van der Waals surface area contributed by atoms with Crippen LogP contribution in [0.15, 0.2) is 15.8 Å². The van der Waals surface area contributed by atoms with Gasteiger partial charge in [0.2, 0.25) is 6.43 Å². The molecule has 1 aromatic heterocycles. The van der Waals surface area contributed by atoms with Crippen LogP contribution in [0.25, 0.3) is 0 Å². The lowest BCUT2D eigenvalue weighted by molar-refractivity contribution is 0.0880. The van der Waals surface area contributed by atoms with E-state index in [0.29, 0.717) is 18.7 Å². The highest BCUT2D eigenvalue weighted by atomic mass is 19.3. The lowest BCUT2D eigenvalue weighted by Gasteiger charge is -2.19. The number of alkyl halides is 2. The minimum absolute atomic E-state index is 0.158. The van der Waals surface area contributed by atoms with Crippen LogP contribution >= 0.6 is 0 Å². The van der Waals surface area contributed by atoms with Crippen molar-refractivity contribution in [1.29, 1.82) is 0 Å². The van der Waals surface area contributed by atoms with Crippen LogP contribution in [0.4, 0.5) is 14.5 Å². The van der Waals surface area contributed by atoms with E-state index in [1.807, 2.05) is 0 Å². The second-order valence-electron chi connectivity index (χ2n) is 4.60. The Morgan fingerprint density at radius 3 is 2.56 bits per heavy atom. The molecule has 100 valence electrons. The monoisotopic (exact) mass is 259 g/mol. The maximum absolute atomic E-state index is 12.6. The summed E-state index contributed by atoms with van der Waals surface area (Å²) in [6.07, 6.45) is -0.589. The van der Waals surface area contributed by atoms with Crippen molar-refractivity contribution in [1.82, 2.24) is 9.13 Å². The molecule has 1 aliphatic heterocycles. The number of aryl methyl sites for hydroxylation is 1. The van der Waals surface area contributed by atoms with E-state index in [9.17, 15) is 18.4 Å². The number of nitrogens with zero attached hydrogens (tertiary/aromatic N) is 3. The van der Waals surface area contributed by atoms with Gasteiger partial charge in [-0.25, -0.2) is 13.6 Å². The SMILES string of the molecule is Cn1cc(N2CCC(C(F)F)C2)c(=O)n(C)c1=O. The van der Waals surface area contributed by atoms with E-state index in [1.54, 1.807) is 4.90 Å². The van der Waals surface area contributed by atoms with Crippen molar-refractivity contribution in [3.05, 3.63) is 27.0 Å². The van der Waals surface area contributed by atoms with Crippen molar-refractivity contribution in [3.63, 3.8) is 0 Å². The second kappa shape index (κ2) is 4.55. The zero-order valence-corrected chi connectivity index (χ0v) is 10.3. The highest BCUT2D eigenvalue weighted by Crippen LogP contribution is 2.25. The Kier molecular flexibility index (Phi) is 3.23. The summed E-state index contributed by atoms with van der Waals surface area (Å²) in [7, 11) is 2.92. The summed E-state index contributed by atoms with van der Waals surface area (Å²) in [6.45, 7) is 0.577. The molecule has 5 nitrogen and oxygen atoms in total. The maximum Gasteiger partial charge on any atom is 0.330 e. The minimum Gasteiger partial charge on any atom is -0.365 e. The van der Waals surface area contributed by atoms with Gasteiger partial charge in [-0.3, -0.25) is 9.36 Å². The number of anilines is 1. The molecule has 0 N–H and O–H groups in total. The smallest absolute Gasteiger partial charge is 0.330 e. The average Bonchev–Trinajstić information content (AvgIpc) is 2.80. The first-order chi connectivity index (χ1) is 8.41. The van der Waals surface area contributed by atoms with Crippen molar-refractivity contribution >= 4 is 5.69 Å². The predicted octanol–water partition coefficient (Wildman–Crippen LogP) is 0.175. The Hall–Kier alpha value is -1.66. The number of aromatic nitrogens is 2. The molecule has 7 heteroatoms. The Bertz CT molecular complexity index is 564. The molecule has 2 rings (SSSR count). The molecule has 1 unspecified atom stereocenters. The normalized spacial score (nSPS) is 19.8. The van der Waals surface area contributed by atoms with Gasteiger partial charge in [-0.05, 0) is 6.42 Å². The summed E-state index contributed by atoms with van der Waals surface area (Å²) in [6, 6.07) is 0. The first-order valence-electron chi connectivity index (χ1n) is 5.71. The first-order valence-corrected chi connectivity index (χ1v) is 5.71. The number of rotatable bonds is 2. The van der Waals surface area contributed by atoms with Crippen molar-refractivity contribution in [2.75, 3.05) is 18.0 Å². The Balaban J connectivity index is 2.37. The molecule has 0 amide bonds. The quantitative estimate of drug-likeness (QED) is 0.761. The molecular formula is C11H15F2N3O2. The maximum atomic E-state index is 12.6. The van der Waals surface area contributed by atoms with Gasteiger partial charge in [0.05, 0.1) is 0 Å². The molecular weight excluding hydrogens is 244 g/mol. The Morgan fingerprint density at radius 1 is 1.33 bits per heavy atom. The average molecular weight is 259 g/mol. The molecule has 0 spiro atoms. The second-order valence-corrected chi connectivity index (χ2v) is 4.60. The van der Waals surface area contributed by atoms with E-state index in [4.69, 9.17) is 0 Å². The minimum atomic E-state index is -2.37. The third kappa shape index (κ3) is 2.04. The molecule has 0 bridgehead atoms. The lowest BCUT2D eigenvalue weighted by atomic mass is 10.1.